The maximum Gasteiger partial charge on any atom is 0.116 e. The van der Waals surface area contributed by atoms with Crippen LogP contribution < -0.4 is 0 Å². The molecule has 54 valence electrons. The highest BCUT2D eigenvalue weighted by Crippen LogP contribution is 2.19. The Balaban J connectivity index is 2.49. The summed E-state index contributed by atoms with van der Waals surface area (Å²) < 4.78 is 0.236. The zero-order valence-electron chi connectivity index (χ0n) is 6.30. The Labute approximate surface area is 56.6 Å². The van der Waals surface area contributed by atoms with Gasteiger partial charge in [0.15, 0.2) is 0 Å². The molecule has 1 heterocycles. The Morgan fingerprint density at radius 2 is 2.11 bits per heavy atom. The molecule has 0 saturated carbocycles. The minimum absolute atomic E-state index is 0.236. The highest BCUT2D eigenvalue weighted by atomic mass is 16.5. The van der Waals surface area contributed by atoms with Crippen molar-refractivity contribution in [1.82, 2.24) is 0 Å². The number of nitrogens with zero attached hydrogens (tertiary/aromatic N) is 1. The van der Waals surface area contributed by atoms with Crippen LogP contribution in [0.4, 0.5) is 0 Å². The molecule has 2 nitrogen and oxygen atoms in total. The van der Waals surface area contributed by atoms with Crippen molar-refractivity contribution >= 4 is 0 Å². The lowest BCUT2D eigenvalue weighted by Crippen LogP contribution is -2.50. The molecular weight excluding hydrogens is 114 g/mol. The second kappa shape index (κ2) is 2.27. The summed E-state index contributed by atoms with van der Waals surface area (Å²) >= 11 is 0. The van der Waals surface area contributed by atoms with E-state index in [1.165, 1.54) is 19.3 Å². The van der Waals surface area contributed by atoms with Gasteiger partial charge in [-0.1, -0.05) is 0 Å². The molecule has 0 aromatic rings. The molecule has 2 heteroatoms. The largest absolute Gasteiger partial charge is 0.217 e. The minimum Gasteiger partial charge on any atom is -0.217 e. The van der Waals surface area contributed by atoms with Crippen molar-refractivity contribution < 1.29 is 9.85 Å². The van der Waals surface area contributed by atoms with Crippen molar-refractivity contribution in [2.75, 3.05) is 13.6 Å². The van der Waals surface area contributed by atoms with Crippen LogP contribution >= 0.6 is 0 Å². The van der Waals surface area contributed by atoms with Crippen LogP contribution in [0.3, 0.4) is 0 Å². The average Bonchev–Trinajstić information content (AvgIpc) is 1.77. The summed E-state index contributed by atoms with van der Waals surface area (Å²) in [7, 11) is 1.89. The number of hydrogen-bond donors (Lipinski definition) is 1. The topological polar surface area (TPSA) is 20.2 Å². The molecule has 0 radical (unpaired) electrons. The molecular formula is C7H16NO+. The van der Waals surface area contributed by atoms with Crippen LogP contribution in [-0.2, 0) is 0 Å². The highest BCUT2D eigenvalue weighted by Gasteiger charge is 2.30. The molecule has 1 aliphatic heterocycles. The van der Waals surface area contributed by atoms with Crippen molar-refractivity contribution in [3.05, 3.63) is 0 Å². The van der Waals surface area contributed by atoms with Gasteiger partial charge >= 0.3 is 0 Å². The second-order valence-corrected chi connectivity index (χ2v) is 3.28. The fraction of sp³-hybridized carbons (Fsp3) is 1.00. The van der Waals surface area contributed by atoms with E-state index in [0.717, 1.165) is 6.54 Å². The standard InChI is InChI=1S/C7H16NO/c1-7-5-3-4-6-8(7,2)9/h7,9H,3-6H2,1-2H3/q+1. The van der Waals surface area contributed by atoms with Crippen LogP contribution in [0, 0.1) is 0 Å². The van der Waals surface area contributed by atoms with Crippen molar-refractivity contribution in [2.45, 2.75) is 32.2 Å². The Kier molecular flexibility index (Phi) is 1.78. The van der Waals surface area contributed by atoms with Crippen LogP contribution in [0.25, 0.3) is 0 Å². The normalized spacial score (nSPS) is 45.0. The molecule has 0 spiro atoms. The quantitative estimate of drug-likeness (QED) is 0.491. The molecule has 1 N–H and O–H groups in total. The van der Waals surface area contributed by atoms with Crippen molar-refractivity contribution in [3.8, 4) is 0 Å². The Bertz CT molecular complexity index is 101. The lowest BCUT2D eigenvalue weighted by molar-refractivity contribution is -1.11. The van der Waals surface area contributed by atoms with Gasteiger partial charge in [0.25, 0.3) is 0 Å². The van der Waals surface area contributed by atoms with Crippen LogP contribution in [-0.4, -0.2) is 29.5 Å². The van der Waals surface area contributed by atoms with Gasteiger partial charge in [0.1, 0.15) is 12.6 Å². The number of hydrogen-bond acceptors (Lipinski definition) is 1. The number of likely N-dealkylation sites (tertiary alicyclic amines) is 1. The third-order valence-corrected chi connectivity index (χ3v) is 2.43. The summed E-state index contributed by atoms with van der Waals surface area (Å²) in [6.45, 7) is 3.04. The van der Waals surface area contributed by atoms with E-state index in [1.807, 2.05) is 7.05 Å². The number of piperidine rings is 1. The Hall–Kier alpha value is -0.0800. The summed E-state index contributed by atoms with van der Waals surface area (Å²) in [4.78, 5) is 0. The first-order valence-electron chi connectivity index (χ1n) is 3.71. The van der Waals surface area contributed by atoms with Crippen LogP contribution in [0.2, 0.25) is 0 Å². The molecule has 1 fully saturated rings. The Morgan fingerprint density at radius 3 is 2.44 bits per heavy atom. The third kappa shape index (κ3) is 1.43. The van der Waals surface area contributed by atoms with Crippen molar-refractivity contribution in [2.24, 2.45) is 0 Å². The highest BCUT2D eigenvalue weighted by molar-refractivity contribution is 4.55. The van der Waals surface area contributed by atoms with Gasteiger partial charge in [-0.2, -0.15) is 4.65 Å². The van der Waals surface area contributed by atoms with E-state index >= 15 is 0 Å². The molecule has 1 rings (SSSR count). The van der Waals surface area contributed by atoms with Gasteiger partial charge in [-0.05, 0) is 19.8 Å². The van der Waals surface area contributed by atoms with Crippen molar-refractivity contribution in [3.63, 3.8) is 0 Å². The SMILES string of the molecule is CC1CCCC[N+]1(C)O. The zero-order valence-corrected chi connectivity index (χ0v) is 6.30. The predicted molar refractivity (Wildman–Crippen MR) is 36.2 cm³/mol. The van der Waals surface area contributed by atoms with E-state index in [9.17, 15) is 5.21 Å². The molecule has 9 heavy (non-hydrogen) atoms. The fourth-order valence-corrected chi connectivity index (χ4v) is 1.37. The number of hydroxylamine groups is 3. The number of rotatable bonds is 0. The molecule has 0 amide bonds. The molecule has 1 aliphatic rings. The zero-order chi connectivity index (χ0) is 6.91. The summed E-state index contributed by atoms with van der Waals surface area (Å²) in [6.07, 6.45) is 3.64. The monoisotopic (exact) mass is 130 g/mol. The van der Waals surface area contributed by atoms with Gasteiger partial charge in [-0.15, -0.1) is 0 Å². The van der Waals surface area contributed by atoms with Gasteiger partial charge in [0, 0.05) is 6.42 Å². The average molecular weight is 130 g/mol. The summed E-state index contributed by atoms with van der Waals surface area (Å²) in [5.74, 6) is 0. The smallest absolute Gasteiger partial charge is 0.116 e. The first-order chi connectivity index (χ1) is 4.13. The third-order valence-electron chi connectivity index (χ3n) is 2.43. The van der Waals surface area contributed by atoms with Gasteiger partial charge in [0.05, 0.1) is 7.05 Å². The molecule has 0 bridgehead atoms. The predicted octanol–water partition coefficient (Wildman–Crippen LogP) is 1.39. The number of quaternary nitrogens is 1. The second-order valence-electron chi connectivity index (χ2n) is 3.28. The lowest BCUT2D eigenvalue weighted by Gasteiger charge is -2.35. The molecule has 0 aromatic heterocycles. The summed E-state index contributed by atoms with van der Waals surface area (Å²) in [5, 5.41) is 9.58. The fourth-order valence-electron chi connectivity index (χ4n) is 1.37. The molecule has 0 aliphatic carbocycles. The minimum atomic E-state index is 0.236. The van der Waals surface area contributed by atoms with Gasteiger partial charge in [-0.3, -0.25) is 0 Å². The van der Waals surface area contributed by atoms with E-state index in [4.69, 9.17) is 0 Å². The maximum atomic E-state index is 9.58. The first kappa shape index (κ1) is 7.03. The summed E-state index contributed by atoms with van der Waals surface area (Å²) in [5.41, 5.74) is 0. The van der Waals surface area contributed by atoms with E-state index in [1.54, 1.807) is 0 Å². The molecule has 1 saturated heterocycles. The van der Waals surface area contributed by atoms with Gasteiger partial charge < -0.3 is 0 Å². The van der Waals surface area contributed by atoms with E-state index in [-0.39, 0.29) is 4.65 Å². The van der Waals surface area contributed by atoms with E-state index < -0.39 is 0 Å². The maximum absolute atomic E-state index is 9.58. The molecule has 2 atom stereocenters. The van der Waals surface area contributed by atoms with Gasteiger partial charge in [-0.25, -0.2) is 5.21 Å². The van der Waals surface area contributed by atoms with Crippen LogP contribution in [0.1, 0.15) is 26.2 Å². The van der Waals surface area contributed by atoms with E-state index in [0.29, 0.717) is 6.04 Å². The van der Waals surface area contributed by atoms with E-state index in [2.05, 4.69) is 6.92 Å². The van der Waals surface area contributed by atoms with Crippen LogP contribution in [0.5, 0.6) is 0 Å². The van der Waals surface area contributed by atoms with Crippen molar-refractivity contribution in [1.29, 1.82) is 0 Å². The van der Waals surface area contributed by atoms with Crippen LogP contribution in [0.15, 0.2) is 0 Å². The lowest BCUT2D eigenvalue weighted by atomic mass is 10.0. The Morgan fingerprint density at radius 1 is 1.44 bits per heavy atom. The summed E-state index contributed by atoms with van der Waals surface area (Å²) in [6, 6.07) is 0.443. The first-order valence-corrected chi connectivity index (χ1v) is 3.71. The molecule has 2 unspecified atom stereocenters. The molecule has 0 aromatic carbocycles. The van der Waals surface area contributed by atoms with Gasteiger partial charge in [0.2, 0.25) is 0 Å².